The molecule has 0 N–H and O–H groups in total. The minimum absolute atomic E-state index is 0.0608. The van der Waals surface area contributed by atoms with E-state index in [0.29, 0.717) is 30.1 Å². The lowest BCUT2D eigenvalue weighted by molar-refractivity contribution is -0.186. The second-order valence-electron chi connectivity index (χ2n) is 9.62. The van der Waals surface area contributed by atoms with Crippen LogP contribution in [-0.2, 0) is 20.7 Å². The minimum atomic E-state index is -1.07. The van der Waals surface area contributed by atoms with E-state index < -0.39 is 9.34 Å². The molecule has 0 bridgehead atoms. The lowest BCUT2D eigenvalue weighted by atomic mass is 9.50. The topological polar surface area (TPSA) is 52.6 Å². The van der Waals surface area contributed by atoms with Crippen LogP contribution in [0.3, 0.4) is 0 Å². The van der Waals surface area contributed by atoms with Crippen LogP contribution in [0.4, 0.5) is 0 Å². The van der Waals surface area contributed by atoms with Crippen LogP contribution in [-0.4, -0.2) is 28.2 Å². The van der Waals surface area contributed by atoms with E-state index in [1.807, 2.05) is 0 Å². The van der Waals surface area contributed by atoms with E-state index >= 15 is 0 Å². The number of hydrogen-bond donors (Lipinski definition) is 0. The second kappa shape index (κ2) is 7.91. The summed E-state index contributed by atoms with van der Waals surface area (Å²) in [5.74, 6) is 2.21. The van der Waals surface area contributed by atoms with E-state index in [-0.39, 0.29) is 17.2 Å². The number of carbonyl (C=O) groups excluding carboxylic acids is 2. The molecule has 4 rings (SSSR count). The molecule has 4 nitrogen and oxygen atoms in total. The molecule has 3 aliphatic rings. The number of ether oxygens (including phenoxy) is 2. The van der Waals surface area contributed by atoms with Crippen molar-refractivity contribution in [2.75, 3.05) is 7.11 Å². The number of aryl methyl sites for hydroxylation is 1. The SMILES string of the molecule is COc1ccc2c(c1)CC[C@H]1[C@H]2[C@@H](C)C[C@]2(C)[C@H]1CC[C@@]2(OC(C)=O)C(=O)C(Br)Br. The number of carbonyl (C=O) groups is 2. The summed E-state index contributed by atoms with van der Waals surface area (Å²) in [7, 11) is 1.72. The summed E-state index contributed by atoms with van der Waals surface area (Å²) < 4.78 is 10.9. The van der Waals surface area contributed by atoms with Gasteiger partial charge in [0.25, 0.3) is 0 Å². The van der Waals surface area contributed by atoms with E-state index in [1.54, 1.807) is 7.11 Å². The van der Waals surface area contributed by atoms with E-state index in [2.05, 4.69) is 63.9 Å². The molecule has 1 aromatic rings. The molecule has 164 valence electrons. The van der Waals surface area contributed by atoms with Gasteiger partial charge in [-0.25, -0.2) is 0 Å². The van der Waals surface area contributed by atoms with E-state index in [9.17, 15) is 9.59 Å². The highest BCUT2D eigenvalue weighted by atomic mass is 79.9. The molecule has 0 spiro atoms. The zero-order chi connectivity index (χ0) is 21.8. The predicted molar refractivity (Wildman–Crippen MR) is 123 cm³/mol. The number of benzene rings is 1. The quantitative estimate of drug-likeness (QED) is 0.358. The summed E-state index contributed by atoms with van der Waals surface area (Å²) in [6, 6.07) is 6.51. The zero-order valence-electron chi connectivity index (χ0n) is 18.0. The Kier molecular flexibility index (Phi) is 5.89. The highest BCUT2D eigenvalue weighted by molar-refractivity contribution is 9.25. The van der Waals surface area contributed by atoms with Crippen LogP contribution in [0.25, 0.3) is 0 Å². The highest BCUT2D eigenvalue weighted by Gasteiger charge is 2.68. The summed E-state index contributed by atoms with van der Waals surface area (Å²) in [4.78, 5) is 25.5. The molecule has 30 heavy (non-hydrogen) atoms. The van der Waals surface area contributed by atoms with Gasteiger partial charge in [-0.1, -0.05) is 51.8 Å². The Morgan fingerprint density at radius 2 is 1.97 bits per heavy atom. The molecule has 0 radical (unpaired) electrons. The van der Waals surface area contributed by atoms with Gasteiger partial charge >= 0.3 is 5.97 Å². The van der Waals surface area contributed by atoms with Crippen molar-refractivity contribution in [2.24, 2.45) is 23.2 Å². The first kappa shape index (κ1) is 22.3. The first-order valence-corrected chi connectivity index (χ1v) is 12.7. The van der Waals surface area contributed by atoms with Crippen molar-refractivity contribution in [1.82, 2.24) is 0 Å². The van der Waals surface area contributed by atoms with Gasteiger partial charge in [0.1, 0.15) is 9.49 Å². The van der Waals surface area contributed by atoms with Crippen LogP contribution in [0.5, 0.6) is 5.75 Å². The van der Waals surface area contributed by atoms with Crippen molar-refractivity contribution in [3.8, 4) is 5.75 Å². The van der Waals surface area contributed by atoms with Crippen LogP contribution in [0, 0.1) is 23.2 Å². The molecule has 1 aromatic carbocycles. The first-order valence-electron chi connectivity index (χ1n) is 10.8. The number of fused-ring (bicyclic) bond motifs is 5. The van der Waals surface area contributed by atoms with Crippen LogP contribution >= 0.6 is 31.9 Å². The Bertz CT molecular complexity index is 869. The maximum Gasteiger partial charge on any atom is 0.303 e. The molecule has 6 heteroatoms. The Hall–Kier alpha value is -0.880. The highest BCUT2D eigenvalue weighted by Crippen LogP contribution is 2.67. The van der Waals surface area contributed by atoms with Crippen LogP contribution in [0.1, 0.15) is 63.5 Å². The second-order valence-corrected chi connectivity index (χ2v) is 12.7. The normalized spacial score (nSPS) is 37.2. The standard InChI is InChI=1S/C24H30Br2O4/c1-13-12-23(3)19(9-10-24(23,30-14(2)27)21(28)22(25)26)18-7-5-15-11-16(29-4)6-8-17(15)20(13)18/h6,8,11,13,18-20,22H,5,7,9-10,12H2,1-4H3/t13-,18+,19-,20-,23+,24+/m0/s1. The fraction of sp³-hybridized carbons (Fsp3) is 0.667. The molecular weight excluding hydrogens is 512 g/mol. The Morgan fingerprint density at radius 3 is 2.60 bits per heavy atom. The first-order chi connectivity index (χ1) is 14.1. The van der Waals surface area contributed by atoms with Gasteiger partial charge in [-0.05, 0) is 79.0 Å². The molecule has 2 fully saturated rings. The van der Waals surface area contributed by atoms with Crippen molar-refractivity contribution < 1.29 is 19.1 Å². The molecule has 0 unspecified atom stereocenters. The Labute approximate surface area is 195 Å². The molecule has 3 aliphatic carbocycles. The average Bonchev–Trinajstić information content (AvgIpc) is 2.98. The molecular formula is C24H30Br2O4. The fourth-order valence-corrected chi connectivity index (χ4v) is 8.01. The van der Waals surface area contributed by atoms with Gasteiger partial charge in [0.05, 0.1) is 7.11 Å². The number of Topliss-reactive ketones (excluding diaryl/α,β-unsaturated/α-hetero) is 1. The van der Waals surface area contributed by atoms with Gasteiger partial charge in [-0.3, -0.25) is 9.59 Å². The molecule has 0 aliphatic heterocycles. The summed E-state index contributed by atoms with van der Waals surface area (Å²) in [5.41, 5.74) is 1.41. The molecule has 0 aromatic heterocycles. The number of hydrogen-bond acceptors (Lipinski definition) is 4. The van der Waals surface area contributed by atoms with Crippen molar-refractivity contribution in [3.05, 3.63) is 29.3 Å². The third-order valence-corrected chi connectivity index (χ3v) is 9.09. The molecule has 2 saturated carbocycles. The number of esters is 1. The number of ketones is 1. The number of rotatable bonds is 4. The molecule has 0 amide bonds. The Balaban J connectivity index is 1.76. The largest absolute Gasteiger partial charge is 0.497 e. The monoisotopic (exact) mass is 540 g/mol. The smallest absolute Gasteiger partial charge is 0.303 e. The maximum absolute atomic E-state index is 13.4. The van der Waals surface area contributed by atoms with E-state index in [0.717, 1.165) is 31.4 Å². The van der Waals surface area contributed by atoms with E-state index in [4.69, 9.17) is 9.47 Å². The lowest BCUT2D eigenvalue weighted by Crippen LogP contribution is -2.59. The van der Waals surface area contributed by atoms with Crippen molar-refractivity contribution in [1.29, 1.82) is 0 Å². The van der Waals surface area contributed by atoms with Gasteiger partial charge in [0, 0.05) is 12.3 Å². The molecule has 6 atom stereocenters. The number of methoxy groups -OCH3 is 1. The van der Waals surface area contributed by atoms with Gasteiger partial charge in [0.15, 0.2) is 5.60 Å². The molecule has 0 heterocycles. The van der Waals surface area contributed by atoms with Gasteiger partial charge in [-0.15, -0.1) is 0 Å². The average molecular weight is 542 g/mol. The third kappa shape index (κ3) is 3.19. The van der Waals surface area contributed by atoms with Crippen LogP contribution in [0.15, 0.2) is 18.2 Å². The van der Waals surface area contributed by atoms with Gasteiger partial charge < -0.3 is 9.47 Å². The van der Waals surface area contributed by atoms with Crippen molar-refractivity contribution in [2.45, 2.75) is 68.1 Å². The summed E-state index contributed by atoms with van der Waals surface area (Å²) in [6.07, 6.45) is 4.52. The summed E-state index contributed by atoms with van der Waals surface area (Å²) in [5, 5.41) is 0. The van der Waals surface area contributed by atoms with Crippen LogP contribution in [0.2, 0.25) is 0 Å². The minimum Gasteiger partial charge on any atom is -0.497 e. The van der Waals surface area contributed by atoms with Crippen LogP contribution < -0.4 is 4.74 Å². The fourth-order valence-electron chi connectivity index (χ4n) is 7.27. The van der Waals surface area contributed by atoms with Gasteiger partial charge in [0.2, 0.25) is 5.78 Å². The zero-order valence-corrected chi connectivity index (χ0v) is 21.2. The number of alkyl halides is 2. The third-order valence-electron chi connectivity index (χ3n) is 8.26. The van der Waals surface area contributed by atoms with Crippen molar-refractivity contribution >= 4 is 43.6 Å². The summed E-state index contributed by atoms with van der Waals surface area (Å²) >= 11 is 6.80. The molecule has 0 saturated heterocycles. The van der Waals surface area contributed by atoms with Crippen molar-refractivity contribution in [3.63, 3.8) is 0 Å². The summed E-state index contributed by atoms with van der Waals surface area (Å²) in [6.45, 7) is 5.92. The Morgan fingerprint density at radius 1 is 1.23 bits per heavy atom. The van der Waals surface area contributed by atoms with Gasteiger partial charge in [-0.2, -0.15) is 0 Å². The lowest BCUT2D eigenvalue weighted by Gasteiger charge is -2.56. The number of halogens is 2. The van der Waals surface area contributed by atoms with E-state index in [1.165, 1.54) is 18.1 Å². The maximum atomic E-state index is 13.4. The predicted octanol–water partition coefficient (Wildman–Crippen LogP) is 5.78.